The van der Waals surface area contributed by atoms with Crippen molar-refractivity contribution in [2.75, 3.05) is 19.6 Å². The number of nitrogens with one attached hydrogen (secondary N) is 2. The van der Waals surface area contributed by atoms with E-state index in [1.165, 1.54) is 6.20 Å². The van der Waals surface area contributed by atoms with Crippen molar-refractivity contribution in [1.82, 2.24) is 25.6 Å². The number of amides is 1. The molecule has 1 rings (SSSR count). The normalized spacial score (nSPS) is 10.3. The van der Waals surface area contributed by atoms with Gasteiger partial charge in [0.15, 0.2) is 5.69 Å². The average Bonchev–Trinajstić information content (AvgIpc) is 2.76. The van der Waals surface area contributed by atoms with E-state index in [9.17, 15) is 9.59 Å². The van der Waals surface area contributed by atoms with E-state index in [0.717, 1.165) is 24.2 Å². The van der Waals surface area contributed by atoms with E-state index in [1.807, 2.05) is 6.92 Å². The smallest absolute Gasteiger partial charge is 0.325 e. The lowest BCUT2D eigenvalue weighted by atomic mass is 10.4. The largest absolute Gasteiger partial charge is 0.480 e. The van der Waals surface area contributed by atoms with Gasteiger partial charge in [-0.1, -0.05) is 12.1 Å². The first kappa shape index (κ1) is 14.1. The SMILES string of the molecule is CCNCCCNC(=O)c1cn(CC(=O)O)nn1. The molecule has 0 unspecified atom stereocenters. The van der Waals surface area contributed by atoms with Gasteiger partial charge in [0.1, 0.15) is 6.54 Å². The Bertz CT molecular complexity index is 404. The zero-order chi connectivity index (χ0) is 13.4. The first-order chi connectivity index (χ1) is 8.63. The first-order valence-electron chi connectivity index (χ1n) is 5.74. The molecule has 0 aliphatic heterocycles. The van der Waals surface area contributed by atoms with Crippen LogP contribution >= 0.6 is 0 Å². The minimum Gasteiger partial charge on any atom is -0.480 e. The van der Waals surface area contributed by atoms with E-state index in [0.29, 0.717) is 6.54 Å². The summed E-state index contributed by atoms with van der Waals surface area (Å²) in [6.45, 7) is 3.98. The Hall–Kier alpha value is -1.96. The molecule has 18 heavy (non-hydrogen) atoms. The molecule has 0 aliphatic rings. The number of carboxylic acids is 1. The number of nitrogens with zero attached hydrogens (tertiary/aromatic N) is 3. The fraction of sp³-hybridized carbons (Fsp3) is 0.600. The van der Waals surface area contributed by atoms with Crippen molar-refractivity contribution in [1.29, 1.82) is 0 Å². The maximum absolute atomic E-state index is 11.6. The van der Waals surface area contributed by atoms with Gasteiger partial charge in [-0.25, -0.2) is 4.68 Å². The number of carbonyl (C=O) groups excluding carboxylic acids is 1. The summed E-state index contributed by atoms with van der Waals surface area (Å²) in [7, 11) is 0. The highest BCUT2D eigenvalue weighted by atomic mass is 16.4. The van der Waals surface area contributed by atoms with Crippen LogP contribution < -0.4 is 10.6 Å². The number of aliphatic carboxylic acids is 1. The molecule has 0 saturated carbocycles. The predicted octanol–water partition coefficient (Wildman–Crippen LogP) is -0.908. The lowest BCUT2D eigenvalue weighted by Crippen LogP contribution is -2.27. The second-order valence-electron chi connectivity index (χ2n) is 3.66. The molecular weight excluding hydrogens is 238 g/mol. The predicted molar refractivity (Wildman–Crippen MR) is 63.2 cm³/mol. The molecule has 1 amide bonds. The summed E-state index contributed by atoms with van der Waals surface area (Å²) < 4.78 is 1.11. The molecule has 0 bridgehead atoms. The van der Waals surface area contributed by atoms with Crippen LogP contribution in [-0.4, -0.2) is 51.6 Å². The molecule has 8 heteroatoms. The van der Waals surface area contributed by atoms with Gasteiger partial charge >= 0.3 is 5.97 Å². The molecule has 3 N–H and O–H groups in total. The van der Waals surface area contributed by atoms with Gasteiger partial charge in [0, 0.05) is 6.54 Å². The minimum atomic E-state index is -1.03. The quantitative estimate of drug-likeness (QED) is 0.519. The summed E-state index contributed by atoms with van der Waals surface area (Å²) in [5.41, 5.74) is 0.125. The topological polar surface area (TPSA) is 109 Å². The maximum Gasteiger partial charge on any atom is 0.325 e. The summed E-state index contributed by atoms with van der Waals surface area (Å²) in [4.78, 5) is 22.0. The highest BCUT2D eigenvalue weighted by molar-refractivity contribution is 5.91. The van der Waals surface area contributed by atoms with Crippen molar-refractivity contribution in [3.63, 3.8) is 0 Å². The summed E-state index contributed by atoms with van der Waals surface area (Å²) in [5, 5.41) is 21.5. The van der Waals surface area contributed by atoms with Crippen LogP contribution in [0.25, 0.3) is 0 Å². The minimum absolute atomic E-state index is 0.125. The van der Waals surface area contributed by atoms with Crippen LogP contribution in [0.1, 0.15) is 23.8 Å². The second-order valence-corrected chi connectivity index (χ2v) is 3.66. The Morgan fingerprint density at radius 3 is 2.89 bits per heavy atom. The van der Waals surface area contributed by atoms with Gasteiger partial charge in [0.25, 0.3) is 5.91 Å². The van der Waals surface area contributed by atoms with Gasteiger partial charge in [0.05, 0.1) is 6.20 Å². The molecule has 1 aromatic heterocycles. The van der Waals surface area contributed by atoms with Crippen molar-refractivity contribution >= 4 is 11.9 Å². The van der Waals surface area contributed by atoms with Crippen LogP contribution in [0.5, 0.6) is 0 Å². The van der Waals surface area contributed by atoms with Crippen molar-refractivity contribution < 1.29 is 14.7 Å². The number of hydrogen-bond acceptors (Lipinski definition) is 5. The number of hydrogen-bond donors (Lipinski definition) is 3. The third-order valence-corrected chi connectivity index (χ3v) is 2.13. The van der Waals surface area contributed by atoms with E-state index in [2.05, 4.69) is 20.9 Å². The van der Waals surface area contributed by atoms with E-state index in [4.69, 9.17) is 5.11 Å². The van der Waals surface area contributed by atoms with Crippen LogP contribution in [0.15, 0.2) is 6.20 Å². The van der Waals surface area contributed by atoms with E-state index < -0.39 is 5.97 Å². The molecule has 100 valence electrons. The van der Waals surface area contributed by atoms with Gasteiger partial charge in [-0.2, -0.15) is 0 Å². The molecule has 0 atom stereocenters. The first-order valence-corrected chi connectivity index (χ1v) is 5.74. The number of carbonyl (C=O) groups is 2. The fourth-order valence-corrected chi connectivity index (χ4v) is 1.30. The van der Waals surface area contributed by atoms with Crippen LogP contribution in [-0.2, 0) is 11.3 Å². The van der Waals surface area contributed by atoms with Gasteiger partial charge in [-0.3, -0.25) is 9.59 Å². The molecule has 0 radical (unpaired) electrons. The third kappa shape index (κ3) is 4.91. The lowest BCUT2D eigenvalue weighted by Gasteiger charge is -2.02. The molecule has 1 heterocycles. The zero-order valence-corrected chi connectivity index (χ0v) is 10.2. The molecule has 8 nitrogen and oxygen atoms in total. The zero-order valence-electron chi connectivity index (χ0n) is 10.2. The Balaban J connectivity index is 2.33. The lowest BCUT2D eigenvalue weighted by molar-refractivity contribution is -0.137. The van der Waals surface area contributed by atoms with E-state index in [-0.39, 0.29) is 18.1 Å². The summed E-state index contributed by atoms with van der Waals surface area (Å²) in [5.74, 6) is -1.37. The monoisotopic (exact) mass is 255 g/mol. The van der Waals surface area contributed by atoms with Crippen LogP contribution in [0, 0.1) is 0 Å². The highest BCUT2D eigenvalue weighted by Gasteiger charge is 2.11. The number of aromatic nitrogens is 3. The Morgan fingerprint density at radius 2 is 2.22 bits per heavy atom. The van der Waals surface area contributed by atoms with Gasteiger partial charge in [-0.05, 0) is 19.5 Å². The Labute approximate surface area is 104 Å². The maximum atomic E-state index is 11.6. The highest BCUT2D eigenvalue weighted by Crippen LogP contribution is 1.93. The standard InChI is InChI=1S/C10H17N5O3/c1-2-11-4-3-5-12-10(18)8-6-15(14-13-8)7-9(16)17/h6,11H,2-5,7H2,1H3,(H,12,18)(H,16,17). The molecule has 1 aromatic rings. The number of carboxylic acid groups (broad SMARTS) is 1. The molecule has 0 aliphatic carbocycles. The molecule has 0 aromatic carbocycles. The Kier molecular flexibility index (Phi) is 5.78. The Morgan fingerprint density at radius 1 is 1.44 bits per heavy atom. The molecule has 0 spiro atoms. The number of rotatable bonds is 8. The average molecular weight is 255 g/mol. The van der Waals surface area contributed by atoms with Crippen molar-refractivity contribution in [2.45, 2.75) is 19.9 Å². The fourth-order valence-electron chi connectivity index (χ4n) is 1.30. The molecular formula is C10H17N5O3. The van der Waals surface area contributed by atoms with Gasteiger partial charge in [-0.15, -0.1) is 5.10 Å². The molecule has 0 saturated heterocycles. The van der Waals surface area contributed by atoms with Crippen molar-refractivity contribution in [3.05, 3.63) is 11.9 Å². The van der Waals surface area contributed by atoms with Crippen LogP contribution in [0.3, 0.4) is 0 Å². The summed E-state index contributed by atoms with van der Waals surface area (Å²) in [6, 6.07) is 0. The van der Waals surface area contributed by atoms with Crippen LogP contribution in [0.4, 0.5) is 0 Å². The van der Waals surface area contributed by atoms with E-state index >= 15 is 0 Å². The second kappa shape index (κ2) is 7.38. The van der Waals surface area contributed by atoms with Crippen molar-refractivity contribution in [2.24, 2.45) is 0 Å². The van der Waals surface area contributed by atoms with Gasteiger partial charge in [0.2, 0.25) is 0 Å². The summed E-state index contributed by atoms with van der Waals surface area (Å²) in [6.07, 6.45) is 2.14. The molecule has 0 fully saturated rings. The van der Waals surface area contributed by atoms with Gasteiger partial charge < -0.3 is 15.7 Å². The third-order valence-electron chi connectivity index (χ3n) is 2.13. The summed E-state index contributed by atoms with van der Waals surface area (Å²) >= 11 is 0. The van der Waals surface area contributed by atoms with E-state index in [1.54, 1.807) is 0 Å². The van der Waals surface area contributed by atoms with Crippen LogP contribution in [0.2, 0.25) is 0 Å². The van der Waals surface area contributed by atoms with Crippen molar-refractivity contribution in [3.8, 4) is 0 Å².